The summed E-state index contributed by atoms with van der Waals surface area (Å²) in [5.74, 6) is 0. The van der Waals surface area contributed by atoms with E-state index in [4.69, 9.17) is 10.4 Å². The Bertz CT molecular complexity index is 387. The fourth-order valence-corrected chi connectivity index (χ4v) is 1.65. The van der Waals surface area contributed by atoms with Crippen LogP contribution < -0.4 is 4.90 Å². The third-order valence-corrected chi connectivity index (χ3v) is 3.06. The molecule has 0 saturated carbocycles. The molecule has 0 aliphatic rings. The molecule has 1 unspecified atom stereocenters. The van der Waals surface area contributed by atoms with E-state index in [0.29, 0.717) is 5.56 Å². The molecule has 4 heteroatoms. The van der Waals surface area contributed by atoms with Gasteiger partial charge in [0, 0.05) is 23.2 Å². The van der Waals surface area contributed by atoms with Crippen LogP contribution in [0.15, 0.2) is 22.7 Å². The zero-order valence-corrected chi connectivity index (χ0v) is 10.3. The molecule has 1 aromatic rings. The highest BCUT2D eigenvalue weighted by molar-refractivity contribution is 9.10. The number of hydrogen-bond donors (Lipinski definition) is 1. The van der Waals surface area contributed by atoms with Crippen molar-refractivity contribution in [2.45, 2.75) is 13.0 Å². The van der Waals surface area contributed by atoms with Crippen LogP contribution in [-0.2, 0) is 0 Å². The number of hydrogen-bond acceptors (Lipinski definition) is 3. The van der Waals surface area contributed by atoms with Crippen molar-refractivity contribution in [1.82, 2.24) is 0 Å². The van der Waals surface area contributed by atoms with Crippen LogP contribution >= 0.6 is 15.9 Å². The molecule has 3 nitrogen and oxygen atoms in total. The number of nitriles is 1. The molecule has 1 aromatic carbocycles. The highest BCUT2D eigenvalue weighted by Gasteiger charge is 2.10. The van der Waals surface area contributed by atoms with Crippen LogP contribution in [0.25, 0.3) is 0 Å². The third-order valence-electron chi connectivity index (χ3n) is 2.41. The van der Waals surface area contributed by atoms with Crippen LogP contribution in [0.5, 0.6) is 0 Å². The molecule has 0 aliphatic carbocycles. The number of anilines is 1. The van der Waals surface area contributed by atoms with Gasteiger partial charge in [0.1, 0.15) is 6.07 Å². The summed E-state index contributed by atoms with van der Waals surface area (Å²) in [6.07, 6.45) is 0. The molecule has 0 fully saturated rings. The molecule has 0 spiro atoms. The van der Waals surface area contributed by atoms with Crippen molar-refractivity contribution in [1.29, 1.82) is 5.26 Å². The minimum absolute atomic E-state index is 0.0600. The lowest BCUT2D eigenvalue weighted by Crippen LogP contribution is -2.31. The lowest BCUT2D eigenvalue weighted by atomic mass is 10.2. The Morgan fingerprint density at radius 3 is 2.73 bits per heavy atom. The molecule has 15 heavy (non-hydrogen) atoms. The van der Waals surface area contributed by atoms with Gasteiger partial charge in [-0.05, 0) is 41.1 Å². The second-order valence-corrected chi connectivity index (χ2v) is 4.27. The first-order valence-electron chi connectivity index (χ1n) is 4.63. The first kappa shape index (κ1) is 12.0. The third kappa shape index (κ3) is 2.71. The van der Waals surface area contributed by atoms with E-state index in [1.807, 2.05) is 31.0 Å². The Kier molecular flexibility index (Phi) is 4.13. The lowest BCUT2D eigenvalue weighted by molar-refractivity contribution is 0.270. The van der Waals surface area contributed by atoms with Crippen molar-refractivity contribution in [2.24, 2.45) is 0 Å². The van der Waals surface area contributed by atoms with Gasteiger partial charge in [0.05, 0.1) is 12.2 Å². The average Bonchev–Trinajstić information content (AvgIpc) is 2.26. The van der Waals surface area contributed by atoms with E-state index in [0.717, 1.165) is 10.2 Å². The molecule has 1 N–H and O–H groups in total. The SMILES string of the molecule is CC(CO)N(C)c1ccc(C#N)c(Br)c1. The van der Waals surface area contributed by atoms with Gasteiger partial charge in [0.25, 0.3) is 0 Å². The van der Waals surface area contributed by atoms with Crippen molar-refractivity contribution in [3.8, 4) is 6.07 Å². The highest BCUT2D eigenvalue weighted by Crippen LogP contribution is 2.23. The number of aliphatic hydroxyl groups is 1. The number of halogens is 1. The number of rotatable bonds is 3. The number of benzene rings is 1. The summed E-state index contributed by atoms with van der Waals surface area (Å²) >= 11 is 3.33. The number of nitrogens with zero attached hydrogens (tertiary/aromatic N) is 2. The Morgan fingerprint density at radius 2 is 2.27 bits per heavy atom. The maximum Gasteiger partial charge on any atom is 0.100 e. The summed E-state index contributed by atoms with van der Waals surface area (Å²) < 4.78 is 0.777. The minimum atomic E-state index is 0.0600. The van der Waals surface area contributed by atoms with E-state index in [2.05, 4.69) is 22.0 Å². The zero-order chi connectivity index (χ0) is 11.4. The molecule has 0 aromatic heterocycles. The Balaban J connectivity index is 2.98. The molecule has 0 heterocycles. The Morgan fingerprint density at radius 1 is 1.60 bits per heavy atom. The van der Waals surface area contributed by atoms with E-state index >= 15 is 0 Å². The maximum atomic E-state index is 9.03. The van der Waals surface area contributed by atoms with Crippen LogP contribution in [-0.4, -0.2) is 24.8 Å². The van der Waals surface area contributed by atoms with Crippen LogP contribution in [0.2, 0.25) is 0 Å². The van der Waals surface area contributed by atoms with Crippen molar-refractivity contribution < 1.29 is 5.11 Å². The summed E-state index contributed by atoms with van der Waals surface area (Å²) in [7, 11) is 1.91. The monoisotopic (exact) mass is 268 g/mol. The van der Waals surface area contributed by atoms with E-state index in [1.54, 1.807) is 6.07 Å². The first-order valence-corrected chi connectivity index (χ1v) is 5.42. The van der Waals surface area contributed by atoms with E-state index < -0.39 is 0 Å². The van der Waals surface area contributed by atoms with Gasteiger partial charge < -0.3 is 10.0 Å². The largest absolute Gasteiger partial charge is 0.394 e. The highest BCUT2D eigenvalue weighted by atomic mass is 79.9. The normalized spacial score (nSPS) is 11.9. The zero-order valence-electron chi connectivity index (χ0n) is 8.74. The molecule has 1 atom stereocenters. The molecule has 0 aliphatic heterocycles. The van der Waals surface area contributed by atoms with Crippen LogP contribution in [0.3, 0.4) is 0 Å². The van der Waals surface area contributed by atoms with Crippen molar-refractivity contribution in [3.05, 3.63) is 28.2 Å². The molecule has 0 bridgehead atoms. The lowest BCUT2D eigenvalue weighted by Gasteiger charge is -2.25. The summed E-state index contributed by atoms with van der Waals surface area (Å²) in [5.41, 5.74) is 1.59. The second-order valence-electron chi connectivity index (χ2n) is 3.42. The van der Waals surface area contributed by atoms with E-state index in [9.17, 15) is 0 Å². The van der Waals surface area contributed by atoms with E-state index in [1.165, 1.54) is 0 Å². The van der Waals surface area contributed by atoms with Gasteiger partial charge in [-0.25, -0.2) is 0 Å². The predicted octanol–water partition coefficient (Wildman–Crippen LogP) is 2.14. The standard InChI is InChI=1S/C11H13BrN2O/c1-8(7-15)14(2)10-4-3-9(6-13)11(12)5-10/h3-5,8,15H,7H2,1-2H3. The fraction of sp³-hybridized carbons (Fsp3) is 0.364. The topological polar surface area (TPSA) is 47.3 Å². The molecular weight excluding hydrogens is 256 g/mol. The molecule has 0 radical (unpaired) electrons. The average molecular weight is 269 g/mol. The van der Waals surface area contributed by atoms with Gasteiger partial charge in [-0.15, -0.1) is 0 Å². The second kappa shape index (κ2) is 5.15. The van der Waals surface area contributed by atoms with E-state index in [-0.39, 0.29) is 12.6 Å². The summed E-state index contributed by atoms with van der Waals surface area (Å²) in [6.45, 7) is 2.04. The summed E-state index contributed by atoms with van der Waals surface area (Å²) in [5, 5.41) is 17.8. The molecular formula is C11H13BrN2O. The van der Waals surface area contributed by atoms with Crippen molar-refractivity contribution in [2.75, 3.05) is 18.6 Å². The summed E-state index contributed by atoms with van der Waals surface area (Å²) in [4.78, 5) is 1.96. The van der Waals surface area contributed by atoms with Gasteiger partial charge >= 0.3 is 0 Å². The van der Waals surface area contributed by atoms with Gasteiger partial charge in [-0.2, -0.15) is 5.26 Å². The Hall–Kier alpha value is -1.05. The maximum absolute atomic E-state index is 9.03. The molecule has 0 amide bonds. The quantitative estimate of drug-likeness (QED) is 0.914. The molecule has 80 valence electrons. The smallest absolute Gasteiger partial charge is 0.100 e. The van der Waals surface area contributed by atoms with Crippen LogP contribution in [0.4, 0.5) is 5.69 Å². The number of likely N-dealkylation sites (N-methyl/N-ethyl adjacent to an activating group) is 1. The van der Waals surface area contributed by atoms with Gasteiger partial charge in [-0.1, -0.05) is 0 Å². The van der Waals surface area contributed by atoms with Crippen molar-refractivity contribution in [3.63, 3.8) is 0 Å². The minimum Gasteiger partial charge on any atom is -0.394 e. The van der Waals surface area contributed by atoms with Gasteiger partial charge in [0.2, 0.25) is 0 Å². The van der Waals surface area contributed by atoms with Gasteiger partial charge in [0.15, 0.2) is 0 Å². The van der Waals surface area contributed by atoms with Gasteiger partial charge in [-0.3, -0.25) is 0 Å². The summed E-state index contributed by atoms with van der Waals surface area (Å²) in [6, 6.07) is 7.66. The Labute approximate surface area is 98.1 Å². The molecule has 0 saturated heterocycles. The molecule has 1 rings (SSSR count). The van der Waals surface area contributed by atoms with Crippen molar-refractivity contribution >= 4 is 21.6 Å². The first-order chi connectivity index (χ1) is 7.10. The van der Waals surface area contributed by atoms with Crippen LogP contribution in [0.1, 0.15) is 12.5 Å². The fourth-order valence-electron chi connectivity index (χ4n) is 1.19. The number of aliphatic hydroxyl groups excluding tert-OH is 1. The predicted molar refractivity (Wildman–Crippen MR) is 63.8 cm³/mol. The van der Waals surface area contributed by atoms with Crippen LogP contribution in [0, 0.1) is 11.3 Å².